The van der Waals surface area contributed by atoms with Crippen molar-refractivity contribution in [2.24, 2.45) is 4.99 Å². The number of rotatable bonds is 4. The molecule has 3 N–H and O–H groups in total. The molecule has 154 valence electrons. The number of halogens is 1. The molecule has 0 aliphatic carbocycles. The van der Waals surface area contributed by atoms with E-state index in [9.17, 15) is 0 Å². The van der Waals surface area contributed by atoms with Crippen molar-refractivity contribution in [3.05, 3.63) is 46.2 Å². The Kier molecular flexibility index (Phi) is 7.35. The second-order valence-corrected chi connectivity index (χ2v) is 7.80. The lowest BCUT2D eigenvalue weighted by Crippen LogP contribution is -2.39. The van der Waals surface area contributed by atoms with Gasteiger partial charge in [0.25, 0.3) is 0 Å². The van der Waals surface area contributed by atoms with Crippen molar-refractivity contribution in [2.45, 2.75) is 39.7 Å². The van der Waals surface area contributed by atoms with Gasteiger partial charge in [-0.15, -0.1) is 0 Å². The highest BCUT2D eigenvalue weighted by Gasteiger charge is 2.16. The van der Waals surface area contributed by atoms with Crippen molar-refractivity contribution in [1.82, 2.24) is 15.3 Å². The van der Waals surface area contributed by atoms with Crippen molar-refractivity contribution >= 4 is 46.5 Å². The Morgan fingerprint density at radius 3 is 2.62 bits per heavy atom. The number of nitrogens with one attached hydrogen (secondary N) is 3. The van der Waals surface area contributed by atoms with Crippen LogP contribution in [-0.2, 0) is 4.74 Å². The number of aliphatic imine (C=N–C) groups is 1. The number of nitrogens with zero attached hydrogens (tertiary/aromatic N) is 3. The van der Waals surface area contributed by atoms with Crippen molar-refractivity contribution < 1.29 is 4.74 Å². The molecule has 0 bridgehead atoms. The van der Waals surface area contributed by atoms with Crippen LogP contribution in [0.1, 0.15) is 29.8 Å². The second-order valence-electron chi connectivity index (χ2n) is 6.99. The molecule has 2 heterocycles. The average molecular weight is 433 g/mol. The van der Waals surface area contributed by atoms with Crippen LogP contribution in [0.3, 0.4) is 0 Å². The van der Waals surface area contributed by atoms with Crippen LogP contribution in [0.4, 0.5) is 11.6 Å². The standard InChI is InChI=1S/C20H25ClN6OS/c1-12-6-7-17(16(21)9-12)25-20(29)27-18(22-11-15-5-4-8-28-15)26-19-23-13(2)10-14(3)24-19/h6-7,9-10,15H,4-5,8,11H2,1-3H3,(H3,22,23,24,25,26,27,29). The molecule has 0 spiro atoms. The first-order valence-corrected chi connectivity index (χ1v) is 10.3. The van der Waals surface area contributed by atoms with Gasteiger partial charge in [-0.2, -0.15) is 0 Å². The van der Waals surface area contributed by atoms with Crippen molar-refractivity contribution in [2.75, 3.05) is 23.8 Å². The predicted octanol–water partition coefficient (Wildman–Crippen LogP) is 3.99. The number of aromatic nitrogens is 2. The van der Waals surface area contributed by atoms with Crippen LogP contribution in [0, 0.1) is 20.8 Å². The number of hydrogen-bond acceptors (Lipinski definition) is 5. The lowest BCUT2D eigenvalue weighted by molar-refractivity contribution is 0.118. The molecular weight excluding hydrogens is 408 g/mol. The number of aryl methyl sites for hydroxylation is 3. The van der Waals surface area contributed by atoms with Gasteiger partial charge in [-0.3, -0.25) is 5.32 Å². The Labute approximate surface area is 181 Å². The van der Waals surface area contributed by atoms with E-state index in [1.807, 2.05) is 45.0 Å². The van der Waals surface area contributed by atoms with E-state index in [0.29, 0.717) is 28.6 Å². The molecule has 0 amide bonds. The summed E-state index contributed by atoms with van der Waals surface area (Å²) in [6, 6.07) is 7.63. The van der Waals surface area contributed by atoms with Crippen molar-refractivity contribution in [1.29, 1.82) is 0 Å². The first-order valence-electron chi connectivity index (χ1n) is 9.48. The maximum atomic E-state index is 6.29. The Morgan fingerprint density at radius 1 is 1.21 bits per heavy atom. The van der Waals surface area contributed by atoms with Gasteiger partial charge < -0.3 is 15.4 Å². The van der Waals surface area contributed by atoms with Gasteiger partial charge in [0, 0.05) is 18.0 Å². The van der Waals surface area contributed by atoms with E-state index in [1.54, 1.807) is 0 Å². The predicted molar refractivity (Wildman–Crippen MR) is 122 cm³/mol. The zero-order valence-corrected chi connectivity index (χ0v) is 18.3. The maximum absolute atomic E-state index is 6.29. The minimum Gasteiger partial charge on any atom is -0.376 e. The van der Waals surface area contributed by atoms with Crippen molar-refractivity contribution in [3.8, 4) is 0 Å². The van der Waals surface area contributed by atoms with E-state index in [-0.39, 0.29) is 6.10 Å². The molecule has 0 radical (unpaired) electrons. The van der Waals surface area contributed by atoms with Gasteiger partial charge in [-0.1, -0.05) is 17.7 Å². The summed E-state index contributed by atoms with van der Waals surface area (Å²) in [5.41, 5.74) is 3.53. The summed E-state index contributed by atoms with van der Waals surface area (Å²) >= 11 is 11.7. The fraction of sp³-hybridized carbons (Fsp3) is 0.400. The molecule has 9 heteroatoms. The zero-order valence-electron chi connectivity index (χ0n) is 16.8. The summed E-state index contributed by atoms with van der Waals surface area (Å²) < 4.78 is 5.66. The zero-order chi connectivity index (χ0) is 20.8. The largest absolute Gasteiger partial charge is 0.376 e. The fourth-order valence-corrected chi connectivity index (χ4v) is 3.45. The summed E-state index contributed by atoms with van der Waals surface area (Å²) in [7, 11) is 0. The minimum atomic E-state index is 0.113. The van der Waals surface area contributed by atoms with E-state index in [0.717, 1.165) is 42.1 Å². The first kappa shape index (κ1) is 21.4. The van der Waals surface area contributed by atoms with Gasteiger partial charge in [0.2, 0.25) is 11.9 Å². The molecule has 2 aromatic rings. The average Bonchev–Trinajstić information content (AvgIpc) is 3.15. The number of guanidine groups is 1. The van der Waals surface area contributed by atoms with Gasteiger partial charge in [0.15, 0.2) is 5.11 Å². The summed E-state index contributed by atoms with van der Waals surface area (Å²) in [6.07, 6.45) is 2.17. The molecule has 29 heavy (non-hydrogen) atoms. The second kappa shape index (κ2) is 9.96. The molecule has 3 rings (SSSR count). The van der Waals surface area contributed by atoms with Crippen LogP contribution >= 0.6 is 23.8 Å². The number of anilines is 2. The van der Waals surface area contributed by atoms with Crippen LogP contribution in [0.25, 0.3) is 0 Å². The Balaban J connectivity index is 1.72. The first-order chi connectivity index (χ1) is 13.9. The van der Waals surface area contributed by atoms with E-state index in [1.165, 1.54) is 0 Å². The van der Waals surface area contributed by atoms with E-state index >= 15 is 0 Å². The maximum Gasteiger partial charge on any atom is 0.229 e. The highest BCUT2D eigenvalue weighted by molar-refractivity contribution is 7.80. The molecule has 1 aliphatic rings. The molecule has 1 atom stereocenters. The molecule has 1 aromatic carbocycles. The monoisotopic (exact) mass is 432 g/mol. The highest BCUT2D eigenvalue weighted by Crippen LogP contribution is 2.22. The van der Waals surface area contributed by atoms with Gasteiger partial charge in [0.1, 0.15) is 0 Å². The van der Waals surface area contributed by atoms with Crippen molar-refractivity contribution in [3.63, 3.8) is 0 Å². The van der Waals surface area contributed by atoms with Crippen LogP contribution in [0.2, 0.25) is 5.02 Å². The summed E-state index contributed by atoms with van der Waals surface area (Å²) in [4.78, 5) is 13.4. The quantitative estimate of drug-likeness (QED) is 0.382. The van der Waals surface area contributed by atoms with Gasteiger partial charge in [0.05, 0.1) is 23.4 Å². The van der Waals surface area contributed by atoms with E-state index < -0.39 is 0 Å². The third-order valence-corrected chi connectivity index (χ3v) is 4.81. The molecule has 7 nitrogen and oxygen atoms in total. The number of ether oxygens (including phenoxy) is 1. The normalized spacial score (nSPS) is 16.6. The highest BCUT2D eigenvalue weighted by atomic mass is 35.5. The summed E-state index contributed by atoms with van der Waals surface area (Å²) in [6.45, 7) is 7.12. The van der Waals surface area contributed by atoms with Gasteiger partial charge >= 0.3 is 0 Å². The third-order valence-electron chi connectivity index (χ3n) is 4.29. The van der Waals surface area contributed by atoms with Crippen LogP contribution in [-0.4, -0.2) is 40.3 Å². The van der Waals surface area contributed by atoms with E-state index in [2.05, 4.69) is 30.9 Å². The Bertz CT molecular complexity index is 894. The number of hydrogen-bond donors (Lipinski definition) is 3. The lowest BCUT2D eigenvalue weighted by Gasteiger charge is -2.16. The summed E-state index contributed by atoms with van der Waals surface area (Å²) in [5.74, 6) is 0.906. The topological polar surface area (TPSA) is 83.5 Å². The molecule has 1 aliphatic heterocycles. The molecular formula is C20H25ClN6OS. The SMILES string of the molecule is Cc1ccc(NC(=S)NC(=NCC2CCCO2)Nc2nc(C)cc(C)n2)c(Cl)c1. The Hall–Kier alpha value is -2.29. The molecule has 1 unspecified atom stereocenters. The summed E-state index contributed by atoms with van der Waals surface area (Å²) in [5, 5.41) is 10.3. The smallest absolute Gasteiger partial charge is 0.229 e. The third kappa shape index (κ3) is 6.62. The van der Waals surface area contributed by atoms with Gasteiger partial charge in [-0.05, 0) is 69.6 Å². The minimum absolute atomic E-state index is 0.113. The lowest BCUT2D eigenvalue weighted by atomic mass is 10.2. The van der Waals surface area contributed by atoms with Crippen LogP contribution in [0.15, 0.2) is 29.3 Å². The van der Waals surface area contributed by atoms with Gasteiger partial charge in [-0.25, -0.2) is 15.0 Å². The number of benzene rings is 1. The Morgan fingerprint density at radius 2 is 1.97 bits per heavy atom. The number of thiocarbonyl (C=S) groups is 1. The molecule has 1 fully saturated rings. The van der Waals surface area contributed by atoms with Crippen LogP contribution < -0.4 is 16.0 Å². The fourth-order valence-electron chi connectivity index (χ4n) is 2.96. The molecule has 1 aromatic heterocycles. The van der Waals surface area contributed by atoms with Crippen LogP contribution in [0.5, 0.6) is 0 Å². The molecule has 0 saturated carbocycles. The van der Waals surface area contributed by atoms with E-state index in [4.69, 9.17) is 28.6 Å². The molecule has 1 saturated heterocycles.